The largest absolute Gasteiger partial charge is 0.388 e. The van der Waals surface area contributed by atoms with Gasteiger partial charge in [0.1, 0.15) is 6.04 Å². The van der Waals surface area contributed by atoms with E-state index < -0.39 is 18.0 Å². The molecule has 0 aliphatic heterocycles. The summed E-state index contributed by atoms with van der Waals surface area (Å²) in [5.41, 5.74) is 5.96. The van der Waals surface area contributed by atoms with Crippen molar-refractivity contribution < 1.29 is 14.3 Å². The first-order valence-electron chi connectivity index (χ1n) is 5.57. The normalized spacial score (nSPS) is 12.2. The van der Waals surface area contributed by atoms with Gasteiger partial charge in [-0.1, -0.05) is 32.0 Å². The lowest BCUT2D eigenvalue weighted by atomic mass is 10.1. The van der Waals surface area contributed by atoms with Crippen LogP contribution in [0.3, 0.4) is 0 Å². The van der Waals surface area contributed by atoms with E-state index in [0.29, 0.717) is 12.0 Å². The van der Waals surface area contributed by atoms with Crippen LogP contribution in [0, 0.1) is 5.92 Å². The molecule has 0 aliphatic carbocycles. The molecule has 0 bridgehead atoms. The first-order chi connectivity index (χ1) is 8.00. The highest BCUT2D eigenvalue weighted by Gasteiger charge is 2.20. The lowest BCUT2D eigenvalue weighted by Crippen LogP contribution is -2.34. The van der Waals surface area contributed by atoms with Crippen molar-refractivity contribution in [2.45, 2.75) is 26.3 Å². The van der Waals surface area contributed by atoms with Gasteiger partial charge in [0.2, 0.25) is 0 Å². The average molecular weight is 235 g/mol. The zero-order valence-electron chi connectivity index (χ0n) is 10.1. The highest BCUT2D eigenvalue weighted by atomic mass is 16.6. The number of hydrogen-bond donors (Lipinski definition) is 1. The van der Waals surface area contributed by atoms with Crippen LogP contribution in [0.2, 0.25) is 0 Å². The highest BCUT2D eigenvalue weighted by molar-refractivity contribution is 5.97. The quantitative estimate of drug-likeness (QED) is 0.637. The first kappa shape index (κ1) is 13.4. The molecule has 0 radical (unpaired) electrons. The molecule has 4 nitrogen and oxygen atoms in total. The Morgan fingerprint density at radius 1 is 1.24 bits per heavy atom. The second kappa shape index (κ2) is 6.15. The Kier molecular flexibility index (Phi) is 4.84. The van der Waals surface area contributed by atoms with E-state index in [2.05, 4.69) is 0 Å². The number of hydrogen-bond acceptors (Lipinski definition) is 4. The molecular formula is C13H17NO3. The predicted octanol–water partition coefficient (Wildman–Crippen LogP) is 1.74. The van der Waals surface area contributed by atoms with Crippen molar-refractivity contribution in [1.82, 2.24) is 0 Å². The number of rotatable bonds is 4. The summed E-state index contributed by atoms with van der Waals surface area (Å²) >= 11 is 0. The van der Waals surface area contributed by atoms with E-state index in [0.717, 1.165) is 0 Å². The van der Waals surface area contributed by atoms with Gasteiger partial charge >= 0.3 is 11.9 Å². The van der Waals surface area contributed by atoms with Crippen molar-refractivity contribution in [2.75, 3.05) is 0 Å². The van der Waals surface area contributed by atoms with Crippen molar-refractivity contribution in [3.8, 4) is 0 Å². The summed E-state index contributed by atoms with van der Waals surface area (Å²) in [4.78, 5) is 23.0. The van der Waals surface area contributed by atoms with Crippen molar-refractivity contribution in [2.24, 2.45) is 11.7 Å². The zero-order valence-corrected chi connectivity index (χ0v) is 10.1. The van der Waals surface area contributed by atoms with Gasteiger partial charge in [0.25, 0.3) is 0 Å². The lowest BCUT2D eigenvalue weighted by molar-refractivity contribution is -0.139. The molecule has 17 heavy (non-hydrogen) atoms. The van der Waals surface area contributed by atoms with Gasteiger partial charge in [0, 0.05) is 0 Å². The third-order valence-electron chi connectivity index (χ3n) is 2.23. The van der Waals surface area contributed by atoms with E-state index in [4.69, 9.17) is 10.5 Å². The Hall–Kier alpha value is -1.68. The lowest BCUT2D eigenvalue weighted by Gasteiger charge is -2.12. The van der Waals surface area contributed by atoms with E-state index in [-0.39, 0.29) is 5.92 Å². The number of ether oxygens (including phenoxy) is 1. The standard InChI is InChI=1S/C13H17NO3/c1-9(2)8-11(14)13(16)17-12(15)10-6-4-3-5-7-10/h3-7,9,11H,8,14H2,1-2H3/t11-/m0/s1. The summed E-state index contributed by atoms with van der Waals surface area (Å²) in [5, 5.41) is 0. The molecule has 0 heterocycles. The highest BCUT2D eigenvalue weighted by Crippen LogP contribution is 2.06. The van der Waals surface area contributed by atoms with Crippen LogP contribution in [0.5, 0.6) is 0 Å². The van der Waals surface area contributed by atoms with E-state index in [1.54, 1.807) is 30.3 Å². The molecule has 0 saturated carbocycles. The number of carbonyl (C=O) groups excluding carboxylic acids is 2. The fraction of sp³-hybridized carbons (Fsp3) is 0.385. The smallest absolute Gasteiger partial charge is 0.345 e. The minimum Gasteiger partial charge on any atom is -0.388 e. The second-order valence-electron chi connectivity index (χ2n) is 4.31. The molecule has 1 rings (SSSR count). The summed E-state index contributed by atoms with van der Waals surface area (Å²) in [6, 6.07) is 7.61. The third kappa shape index (κ3) is 4.36. The Balaban J connectivity index is 2.55. The second-order valence-corrected chi connectivity index (χ2v) is 4.31. The van der Waals surface area contributed by atoms with Crippen LogP contribution in [0.15, 0.2) is 30.3 Å². The maximum absolute atomic E-state index is 11.5. The Morgan fingerprint density at radius 2 is 1.82 bits per heavy atom. The van der Waals surface area contributed by atoms with Crippen molar-refractivity contribution >= 4 is 11.9 Å². The molecule has 1 atom stereocenters. The summed E-state index contributed by atoms with van der Waals surface area (Å²) in [7, 11) is 0. The van der Waals surface area contributed by atoms with E-state index in [9.17, 15) is 9.59 Å². The minimum atomic E-state index is -0.748. The van der Waals surface area contributed by atoms with Gasteiger partial charge in [0.05, 0.1) is 5.56 Å². The summed E-state index contributed by atoms with van der Waals surface area (Å²) in [5.74, 6) is -1.05. The summed E-state index contributed by atoms with van der Waals surface area (Å²) in [6.07, 6.45) is 0.501. The van der Waals surface area contributed by atoms with Crippen molar-refractivity contribution in [3.05, 3.63) is 35.9 Å². The van der Waals surface area contributed by atoms with Gasteiger partial charge in [-0.05, 0) is 24.5 Å². The fourth-order valence-corrected chi connectivity index (χ4v) is 1.40. The maximum atomic E-state index is 11.5. The monoisotopic (exact) mass is 235 g/mol. The van der Waals surface area contributed by atoms with Crippen LogP contribution in [0.25, 0.3) is 0 Å². The zero-order chi connectivity index (χ0) is 12.8. The van der Waals surface area contributed by atoms with Gasteiger partial charge in [-0.15, -0.1) is 0 Å². The number of carbonyl (C=O) groups is 2. The molecular weight excluding hydrogens is 218 g/mol. The molecule has 1 aromatic rings. The molecule has 0 saturated heterocycles. The molecule has 4 heteroatoms. The van der Waals surface area contributed by atoms with Crippen LogP contribution in [-0.2, 0) is 9.53 Å². The van der Waals surface area contributed by atoms with Crippen molar-refractivity contribution in [1.29, 1.82) is 0 Å². The molecule has 1 aromatic carbocycles. The van der Waals surface area contributed by atoms with Gasteiger partial charge in [0.15, 0.2) is 0 Å². The van der Waals surface area contributed by atoms with Crippen molar-refractivity contribution in [3.63, 3.8) is 0 Å². The molecule has 92 valence electrons. The van der Waals surface area contributed by atoms with Crippen LogP contribution < -0.4 is 5.73 Å². The van der Waals surface area contributed by atoms with E-state index >= 15 is 0 Å². The van der Waals surface area contributed by atoms with Gasteiger partial charge in [-0.25, -0.2) is 9.59 Å². The van der Waals surface area contributed by atoms with Crippen LogP contribution in [0.1, 0.15) is 30.6 Å². The van der Waals surface area contributed by atoms with Gasteiger partial charge in [-0.2, -0.15) is 0 Å². The van der Waals surface area contributed by atoms with Gasteiger partial charge in [-0.3, -0.25) is 0 Å². The number of benzene rings is 1. The summed E-state index contributed by atoms with van der Waals surface area (Å²) < 4.78 is 4.70. The molecule has 0 amide bonds. The van der Waals surface area contributed by atoms with Crippen LogP contribution in [0.4, 0.5) is 0 Å². The number of esters is 2. The third-order valence-corrected chi connectivity index (χ3v) is 2.23. The fourth-order valence-electron chi connectivity index (χ4n) is 1.40. The topological polar surface area (TPSA) is 69.4 Å². The first-order valence-corrected chi connectivity index (χ1v) is 5.57. The average Bonchev–Trinajstić information content (AvgIpc) is 2.29. The van der Waals surface area contributed by atoms with E-state index in [1.165, 1.54) is 0 Å². The van der Waals surface area contributed by atoms with E-state index in [1.807, 2.05) is 13.8 Å². The molecule has 2 N–H and O–H groups in total. The van der Waals surface area contributed by atoms with Crippen LogP contribution >= 0.6 is 0 Å². The summed E-state index contributed by atoms with van der Waals surface area (Å²) in [6.45, 7) is 3.90. The predicted molar refractivity (Wildman–Crippen MR) is 64.3 cm³/mol. The Morgan fingerprint density at radius 3 is 2.35 bits per heavy atom. The minimum absolute atomic E-state index is 0.282. The molecule has 0 unspecified atom stereocenters. The number of nitrogens with two attached hydrogens (primary N) is 1. The molecule has 0 spiro atoms. The molecule has 0 aromatic heterocycles. The SMILES string of the molecule is CC(C)C[C@H](N)C(=O)OC(=O)c1ccccc1. The molecule has 0 fully saturated rings. The Labute approximate surface area is 101 Å². The maximum Gasteiger partial charge on any atom is 0.345 e. The van der Waals surface area contributed by atoms with Gasteiger partial charge < -0.3 is 10.5 Å². The molecule has 0 aliphatic rings. The Bertz CT molecular complexity index is 387. The van der Waals surface area contributed by atoms with Crippen LogP contribution in [-0.4, -0.2) is 18.0 Å².